The normalized spacial score (nSPS) is 15.1. The monoisotopic (exact) mass is 323 g/mol. The molecular formula is C17H25NO3S. The molecule has 0 radical (unpaired) electrons. The van der Waals surface area contributed by atoms with E-state index in [1.807, 2.05) is 44.2 Å². The minimum absolute atomic E-state index is 0.0865. The van der Waals surface area contributed by atoms with Gasteiger partial charge < -0.3 is 10.4 Å². The van der Waals surface area contributed by atoms with Crippen molar-refractivity contribution in [2.75, 3.05) is 0 Å². The zero-order valence-electron chi connectivity index (χ0n) is 13.6. The lowest BCUT2D eigenvalue weighted by Gasteiger charge is -2.24. The first kappa shape index (κ1) is 18.6. The molecule has 0 saturated carbocycles. The summed E-state index contributed by atoms with van der Waals surface area (Å²) < 4.78 is 0. The molecule has 1 rings (SSSR count). The van der Waals surface area contributed by atoms with Gasteiger partial charge in [-0.05, 0) is 25.3 Å². The smallest absolute Gasteiger partial charge is 0.308 e. The van der Waals surface area contributed by atoms with E-state index in [9.17, 15) is 9.59 Å². The first-order chi connectivity index (χ1) is 10.3. The molecule has 0 aromatic heterocycles. The summed E-state index contributed by atoms with van der Waals surface area (Å²) in [6, 6.07) is 9.63. The van der Waals surface area contributed by atoms with Gasteiger partial charge >= 0.3 is 5.97 Å². The number of hydrogen-bond acceptors (Lipinski definition) is 3. The van der Waals surface area contributed by atoms with Gasteiger partial charge in [-0.15, -0.1) is 11.8 Å². The first-order valence-electron chi connectivity index (χ1n) is 7.51. The molecule has 1 aromatic carbocycles. The van der Waals surface area contributed by atoms with Crippen LogP contribution >= 0.6 is 11.8 Å². The highest BCUT2D eigenvalue weighted by Crippen LogP contribution is 2.24. The van der Waals surface area contributed by atoms with Crippen molar-refractivity contribution in [3.05, 3.63) is 35.9 Å². The highest BCUT2D eigenvalue weighted by Gasteiger charge is 2.27. The van der Waals surface area contributed by atoms with E-state index in [1.165, 1.54) is 5.56 Å². The molecule has 1 amide bonds. The molecule has 1 aromatic rings. The van der Waals surface area contributed by atoms with Crippen LogP contribution in [0.1, 0.15) is 33.3 Å². The summed E-state index contributed by atoms with van der Waals surface area (Å²) in [6.07, 6.45) is 0. The van der Waals surface area contributed by atoms with Crippen LogP contribution in [0, 0.1) is 11.8 Å². The number of carboxylic acids is 1. The summed E-state index contributed by atoms with van der Waals surface area (Å²) >= 11 is 1.59. The predicted molar refractivity (Wildman–Crippen MR) is 90.8 cm³/mol. The highest BCUT2D eigenvalue weighted by atomic mass is 32.2. The Morgan fingerprint density at radius 3 is 2.23 bits per heavy atom. The molecule has 0 bridgehead atoms. The second-order valence-corrected chi connectivity index (χ2v) is 7.02. The lowest BCUT2D eigenvalue weighted by molar-refractivity contribution is -0.142. The van der Waals surface area contributed by atoms with Crippen molar-refractivity contribution in [2.24, 2.45) is 11.8 Å². The third kappa shape index (κ3) is 5.72. The molecule has 22 heavy (non-hydrogen) atoms. The standard InChI is InChI=1S/C17H25NO3S/c1-11(2)15(22-10-14-8-6-5-7-9-14)16(19)18-13(4)12(3)17(20)21/h5-9,11-13,15H,10H2,1-4H3,(H,18,19)(H,20,21). The van der Waals surface area contributed by atoms with Crippen molar-refractivity contribution in [3.63, 3.8) is 0 Å². The molecule has 0 aliphatic heterocycles. The average molecular weight is 323 g/mol. The van der Waals surface area contributed by atoms with Crippen molar-refractivity contribution in [1.29, 1.82) is 0 Å². The summed E-state index contributed by atoms with van der Waals surface area (Å²) in [7, 11) is 0. The molecule has 0 saturated heterocycles. The van der Waals surface area contributed by atoms with E-state index in [0.29, 0.717) is 0 Å². The number of amides is 1. The van der Waals surface area contributed by atoms with Crippen LogP contribution in [0.15, 0.2) is 30.3 Å². The first-order valence-corrected chi connectivity index (χ1v) is 8.56. The summed E-state index contributed by atoms with van der Waals surface area (Å²) in [5, 5.41) is 11.7. The fourth-order valence-corrected chi connectivity index (χ4v) is 3.15. The van der Waals surface area contributed by atoms with E-state index in [2.05, 4.69) is 5.32 Å². The van der Waals surface area contributed by atoms with Crippen LogP contribution in [-0.2, 0) is 15.3 Å². The summed E-state index contributed by atoms with van der Waals surface area (Å²) in [5.74, 6) is -0.640. The van der Waals surface area contributed by atoms with Crippen LogP contribution in [0.25, 0.3) is 0 Å². The quantitative estimate of drug-likeness (QED) is 0.771. The van der Waals surface area contributed by atoms with E-state index >= 15 is 0 Å². The molecule has 4 nitrogen and oxygen atoms in total. The minimum atomic E-state index is -0.897. The Hall–Kier alpha value is -1.49. The third-order valence-corrected chi connectivity index (χ3v) is 5.26. The Balaban J connectivity index is 2.62. The van der Waals surface area contributed by atoms with Gasteiger partial charge in [0.1, 0.15) is 0 Å². The maximum Gasteiger partial charge on any atom is 0.308 e. The topological polar surface area (TPSA) is 66.4 Å². The number of benzene rings is 1. The molecule has 0 spiro atoms. The zero-order valence-corrected chi connectivity index (χ0v) is 14.4. The highest BCUT2D eigenvalue weighted by molar-refractivity contribution is 7.99. The summed E-state index contributed by atoms with van der Waals surface area (Å²) in [5.41, 5.74) is 1.18. The third-order valence-electron chi connectivity index (χ3n) is 3.65. The van der Waals surface area contributed by atoms with Crippen LogP contribution < -0.4 is 5.32 Å². The Labute approximate surface area is 136 Å². The lowest BCUT2D eigenvalue weighted by Crippen LogP contribution is -2.45. The van der Waals surface area contributed by atoms with Gasteiger partial charge in [0.05, 0.1) is 11.2 Å². The van der Waals surface area contributed by atoms with E-state index < -0.39 is 11.9 Å². The maximum absolute atomic E-state index is 12.4. The average Bonchev–Trinajstić information content (AvgIpc) is 2.47. The number of aliphatic carboxylic acids is 1. The van der Waals surface area contributed by atoms with Crippen LogP contribution in [0.4, 0.5) is 0 Å². The number of carbonyl (C=O) groups is 2. The SMILES string of the molecule is CC(C)C(SCc1ccccc1)C(=O)NC(C)C(C)C(=O)O. The Morgan fingerprint density at radius 2 is 1.73 bits per heavy atom. The molecule has 0 heterocycles. The number of nitrogens with one attached hydrogen (secondary N) is 1. The van der Waals surface area contributed by atoms with Gasteiger partial charge in [-0.2, -0.15) is 0 Å². The van der Waals surface area contributed by atoms with E-state index in [-0.39, 0.29) is 23.1 Å². The minimum Gasteiger partial charge on any atom is -0.481 e. The fraction of sp³-hybridized carbons (Fsp3) is 0.529. The maximum atomic E-state index is 12.4. The van der Waals surface area contributed by atoms with Gasteiger partial charge in [0.15, 0.2) is 0 Å². The predicted octanol–water partition coefficient (Wildman–Crippen LogP) is 3.17. The molecule has 122 valence electrons. The van der Waals surface area contributed by atoms with Crippen molar-refractivity contribution in [2.45, 2.75) is 44.7 Å². The van der Waals surface area contributed by atoms with Gasteiger partial charge in [-0.25, -0.2) is 0 Å². The zero-order chi connectivity index (χ0) is 16.7. The van der Waals surface area contributed by atoms with Crippen LogP contribution in [0.5, 0.6) is 0 Å². The summed E-state index contributed by atoms with van der Waals surface area (Å²) in [6.45, 7) is 7.35. The molecule has 0 fully saturated rings. The molecule has 0 aliphatic rings. The van der Waals surface area contributed by atoms with Crippen LogP contribution in [0.2, 0.25) is 0 Å². The largest absolute Gasteiger partial charge is 0.481 e. The number of carboxylic acid groups (broad SMARTS) is 1. The molecule has 3 atom stereocenters. The Kier molecular flexibility index (Phi) is 7.45. The van der Waals surface area contributed by atoms with Gasteiger partial charge in [0.25, 0.3) is 0 Å². The molecular weight excluding hydrogens is 298 g/mol. The number of rotatable bonds is 8. The molecule has 5 heteroatoms. The second kappa shape index (κ2) is 8.83. The van der Waals surface area contributed by atoms with Crippen molar-refractivity contribution >= 4 is 23.6 Å². The van der Waals surface area contributed by atoms with Gasteiger partial charge in [-0.1, -0.05) is 44.2 Å². The number of carbonyl (C=O) groups excluding carboxylic acids is 1. The number of thioether (sulfide) groups is 1. The molecule has 2 N–H and O–H groups in total. The Bertz CT molecular complexity index is 490. The summed E-state index contributed by atoms with van der Waals surface area (Å²) in [4.78, 5) is 23.4. The van der Waals surface area contributed by atoms with Crippen molar-refractivity contribution in [1.82, 2.24) is 5.32 Å². The Morgan fingerprint density at radius 1 is 1.14 bits per heavy atom. The van der Waals surface area contributed by atoms with Crippen LogP contribution in [0.3, 0.4) is 0 Å². The number of hydrogen-bond donors (Lipinski definition) is 2. The fourth-order valence-electron chi connectivity index (χ4n) is 1.98. The van der Waals surface area contributed by atoms with Gasteiger partial charge in [-0.3, -0.25) is 9.59 Å². The second-order valence-electron chi connectivity index (χ2n) is 5.89. The van der Waals surface area contributed by atoms with E-state index in [1.54, 1.807) is 25.6 Å². The molecule has 3 unspecified atom stereocenters. The van der Waals surface area contributed by atoms with Crippen molar-refractivity contribution in [3.8, 4) is 0 Å². The van der Waals surface area contributed by atoms with E-state index in [0.717, 1.165) is 5.75 Å². The van der Waals surface area contributed by atoms with Crippen LogP contribution in [-0.4, -0.2) is 28.3 Å². The van der Waals surface area contributed by atoms with Gasteiger partial charge in [0.2, 0.25) is 5.91 Å². The molecule has 0 aliphatic carbocycles. The lowest BCUT2D eigenvalue weighted by atomic mass is 10.0. The van der Waals surface area contributed by atoms with Gasteiger partial charge in [0, 0.05) is 11.8 Å². The van der Waals surface area contributed by atoms with E-state index in [4.69, 9.17) is 5.11 Å². The van der Waals surface area contributed by atoms with Crippen molar-refractivity contribution < 1.29 is 14.7 Å².